The van der Waals surface area contributed by atoms with Gasteiger partial charge in [-0.05, 0) is 24.3 Å². The van der Waals surface area contributed by atoms with Gasteiger partial charge in [0.2, 0.25) is 5.78 Å². The number of hydrogen-bond acceptors (Lipinski definition) is 3. The smallest absolute Gasteiger partial charge is 0.348 e. The molecule has 3 rings (SSSR count). The van der Waals surface area contributed by atoms with Crippen molar-refractivity contribution in [2.75, 3.05) is 6.61 Å². The lowest BCUT2D eigenvalue weighted by atomic mass is 10.3. The third-order valence-corrected chi connectivity index (χ3v) is 5.22. The van der Waals surface area contributed by atoms with E-state index in [1.807, 2.05) is 60.7 Å². The fourth-order valence-electron chi connectivity index (χ4n) is 2.06. The van der Waals surface area contributed by atoms with Crippen LogP contribution in [0.1, 0.15) is 0 Å². The van der Waals surface area contributed by atoms with Crippen molar-refractivity contribution in [3.63, 3.8) is 0 Å². The zero-order valence-electron chi connectivity index (χ0n) is 10.6. The molecule has 2 aromatic rings. The van der Waals surface area contributed by atoms with Crippen LogP contribution in [0.25, 0.3) is 0 Å². The summed E-state index contributed by atoms with van der Waals surface area (Å²) in [6.07, 6.45) is 0. The number of cyclic esters (lactones) is 1. The number of esters is 1. The van der Waals surface area contributed by atoms with Gasteiger partial charge in [0.25, 0.3) is 0 Å². The molecule has 3 nitrogen and oxygen atoms in total. The molecule has 0 aliphatic carbocycles. The van der Waals surface area contributed by atoms with Crippen LogP contribution in [0.5, 0.6) is 0 Å². The monoisotopic (exact) mass is 284 g/mol. The Labute approximate surface area is 119 Å². The first kappa shape index (κ1) is 12.8. The number of Topliss-reactive ketones (excluding diaryl/α,β-unsaturated/α-hetero) is 1. The van der Waals surface area contributed by atoms with E-state index in [9.17, 15) is 9.59 Å². The van der Waals surface area contributed by atoms with Crippen LogP contribution in [-0.2, 0) is 14.3 Å². The van der Waals surface area contributed by atoms with Crippen LogP contribution in [0.3, 0.4) is 0 Å². The predicted molar refractivity (Wildman–Crippen MR) is 78.0 cm³/mol. The Balaban J connectivity index is 2.27. The van der Waals surface area contributed by atoms with Crippen LogP contribution in [0.2, 0.25) is 0 Å². The molecular formula is C16H12O3S. The number of carbonyl (C=O) groups excluding carboxylic acids is 2. The van der Waals surface area contributed by atoms with Gasteiger partial charge in [-0.1, -0.05) is 36.4 Å². The van der Waals surface area contributed by atoms with Gasteiger partial charge in [0.1, 0.15) is 4.86 Å². The van der Waals surface area contributed by atoms with E-state index in [4.69, 9.17) is 4.74 Å². The van der Waals surface area contributed by atoms with E-state index in [1.165, 1.54) is 0 Å². The second kappa shape index (κ2) is 5.43. The Morgan fingerprint density at radius 3 is 1.70 bits per heavy atom. The Morgan fingerprint density at radius 2 is 1.30 bits per heavy atom. The molecule has 0 atom stereocenters. The zero-order valence-corrected chi connectivity index (χ0v) is 11.4. The maximum absolute atomic E-state index is 12.0. The van der Waals surface area contributed by atoms with Crippen molar-refractivity contribution in [1.29, 1.82) is 0 Å². The summed E-state index contributed by atoms with van der Waals surface area (Å²) in [7, 11) is -0.694. The van der Waals surface area contributed by atoms with Gasteiger partial charge >= 0.3 is 5.97 Å². The van der Waals surface area contributed by atoms with E-state index in [0.29, 0.717) is 0 Å². The van der Waals surface area contributed by atoms with Crippen molar-refractivity contribution in [3.05, 3.63) is 60.7 Å². The number of ether oxygens (including phenoxy) is 1. The normalized spacial score (nSPS) is 14.8. The lowest BCUT2D eigenvalue weighted by Crippen LogP contribution is -2.15. The molecular weight excluding hydrogens is 272 g/mol. The Hall–Kier alpha value is -2.20. The largest absolute Gasteiger partial charge is 0.453 e. The van der Waals surface area contributed by atoms with E-state index in [-0.39, 0.29) is 17.3 Å². The molecule has 0 spiro atoms. The Morgan fingerprint density at radius 1 is 0.800 bits per heavy atom. The van der Waals surface area contributed by atoms with Crippen LogP contribution in [0.15, 0.2) is 70.5 Å². The topological polar surface area (TPSA) is 43.4 Å². The number of ketones is 1. The molecule has 0 unspecified atom stereocenters. The number of rotatable bonds is 2. The minimum Gasteiger partial charge on any atom is -0.453 e. The van der Waals surface area contributed by atoms with Gasteiger partial charge in [-0.15, -0.1) is 10.5 Å². The summed E-state index contributed by atoms with van der Waals surface area (Å²) in [5, 5.41) is 0. The maximum Gasteiger partial charge on any atom is 0.348 e. The third kappa shape index (κ3) is 2.30. The Bertz CT molecular complexity index is 631. The Kier molecular flexibility index (Phi) is 3.48. The van der Waals surface area contributed by atoms with Crippen LogP contribution in [0, 0.1) is 0 Å². The molecule has 0 N–H and O–H groups in total. The van der Waals surface area contributed by atoms with Crippen molar-refractivity contribution in [2.24, 2.45) is 0 Å². The molecule has 0 aromatic heterocycles. The first-order valence-corrected chi connectivity index (χ1v) is 7.41. The molecule has 1 heterocycles. The lowest BCUT2D eigenvalue weighted by Gasteiger charge is -2.11. The first-order valence-electron chi connectivity index (χ1n) is 6.19. The van der Waals surface area contributed by atoms with Crippen molar-refractivity contribution in [3.8, 4) is 0 Å². The van der Waals surface area contributed by atoms with Gasteiger partial charge in [-0.3, -0.25) is 4.79 Å². The highest BCUT2D eigenvalue weighted by molar-refractivity contribution is 8.18. The first-order chi connectivity index (χ1) is 9.77. The van der Waals surface area contributed by atoms with Crippen molar-refractivity contribution in [1.82, 2.24) is 0 Å². The summed E-state index contributed by atoms with van der Waals surface area (Å²) in [6, 6.07) is 19.2. The second-order valence-corrected chi connectivity index (χ2v) is 6.22. The molecule has 1 saturated heterocycles. The number of benzene rings is 2. The van der Waals surface area contributed by atoms with E-state index < -0.39 is 16.5 Å². The van der Waals surface area contributed by atoms with Crippen molar-refractivity contribution < 1.29 is 14.3 Å². The minimum absolute atomic E-state index is 0.142. The molecule has 100 valence electrons. The van der Waals surface area contributed by atoms with Crippen molar-refractivity contribution in [2.45, 2.75) is 9.79 Å². The van der Waals surface area contributed by atoms with Gasteiger partial charge < -0.3 is 4.74 Å². The number of hydrogen-bond donors (Lipinski definition) is 0. The molecule has 2 aromatic carbocycles. The SMILES string of the molecule is O=C1COC(=O)C1=S(c1ccccc1)c1ccccc1. The average Bonchev–Trinajstić information content (AvgIpc) is 2.82. The summed E-state index contributed by atoms with van der Waals surface area (Å²) in [5.41, 5.74) is 0. The highest BCUT2D eigenvalue weighted by Crippen LogP contribution is 2.38. The fourth-order valence-corrected chi connectivity index (χ4v) is 4.17. The standard InChI is InChI=1S/C16H12O3S/c17-14-11-19-16(18)15(14)20(12-7-3-1-4-8-12)13-9-5-2-6-10-13/h1-10H,11H2. The van der Waals surface area contributed by atoms with Crippen molar-refractivity contribution >= 4 is 27.1 Å². The van der Waals surface area contributed by atoms with E-state index in [2.05, 4.69) is 0 Å². The van der Waals surface area contributed by atoms with Gasteiger partial charge in [0.15, 0.2) is 6.61 Å². The summed E-state index contributed by atoms with van der Waals surface area (Å²) < 4.78 is 4.88. The summed E-state index contributed by atoms with van der Waals surface area (Å²) in [6.45, 7) is -0.142. The molecule has 0 radical (unpaired) electrons. The minimum atomic E-state index is -0.694. The van der Waals surface area contributed by atoms with Crippen LogP contribution in [-0.4, -0.2) is 23.2 Å². The zero-order chi connectivity index (χ0) is 13.9. The van der Waals surface area contributed by atoms with E-state index in [1.54, 1.807) is 0 Å². The summed E-state index contributed by atoms with van der Waals surface area (Å²) in [4.78, 5) is 26.0. The highest BCUT2D eigenvalue weighted by atomic mass is 32.2. The van der Waals surface area contributed by atoms with Gasteiger partial charge in [-0.2, -0.15) is 0 Å². The molecule has 1 fully saturated rings. The van der Waals surface area contributed by atoms with Gasteiger partial charge in [-0.25, -0.2) is 4.79 Å². The lowest BCUT2D eigenvalue weighted by molar-refractivity contribution is -0.134. The van der Waals surface area contributed by atoms with Crippen LogP contribution in [0.4, 0.5) is 0 Å². The molecule has 0 amide bonds. The van der Waals surface area contributed by atoms with E-state index in [0.717, 1.165) is 9.79 Å². The highest BCUT2D eigenvalue weighted by Gasteiger charge is 2.32. The molecule has 1 aliphatic heterocycles. The van der Waals surface area contributed by atoms with E-state index >= 15 is 0 Å². The predicted octanol–water partition coefficient (Wildman–Crippen LogP) is 2.67. The van der Waals surface area contributed by atoms with Gasteiger partial charge in [0, 0.05) is 9.79 Å². The quantitative estimate of drug-likeness (QED) is 0.629. The fraction of sp³-hybridized carbons (Fsp3) is 0.0625. The third-order valence-electron chi connectivity index (χ3n) is 2.93. The molecule has 0 bridgehead atoms. The van der Waals surface area contributed by atoms with Crippen LogP contribution < -0.4 is 0 Å². The molecule has 1 aliphatic rings. The second-order valence-electron chi connectivity index (χ2n) is 4.26. The van der Waals surface area contributed by atoms with Gasteiger partial charge in [0.05, 0.1) is 0 Å². The molecule has 0 saturated carbocycles. The average molecular weight is 284 g/mol. The maximum atomic E-state index is 12.0. The van der Waals surface area contributed by atoms with Crippen LogP contribution >= 0.6 is 10.5 Å². The summed E-state index contributed by atoms with van der Waals surface area (Å²) >= 11 is 0. The number of carbonyl (C=O) groups is 2. The molecule has 20 heavy (non-hydrogen) atoms. The molecule has 4 heteroatoms. The summed E-state index contributed by atoms with van der Waals surface area (Å²) in [5.74, 6) is -0.711.